The molecule has 4 nitrogen and oxygen atoms in total. The van der Waals surface area contributed by atoms with Gasteiger partial charge >= 0.3 is 29.6 Å². The topological polar surface area (TPSA) is 74.3 Å². The molecule has 71 heavy (non-hydrogen) atoms. The molecule has 0 saturated carbocycles. The molecule has 6 heteroatoms. The standard InChI is InChI=1S/C64H116O3S.CH2O.Na/c1-4-7-10-13-16-19-22-25-28-31-34-37-40-43-46-49-54-59-60(55-50-47-44-41-38-35-32-29-26-23-20-17-14-11-8-5-2)62(64(68(65,66)67)63-58-53-52-56-61(59)63)57-51-48-45-42-39-36-33-30-27-24-21-18-15-12-9-6-3;1-2;/h52-53,56,58H,4-51,54-55,57H2,1-3H3,(H,65,66,67);1H2;/q;;+1/p-1. The molecule has 0 spiro atoms. The van der Waals surface area contributed by atoms with E-state index in [4.69, 9.17) is 4.79 Å². The van der Waals surface area contributed by atoms with Crippen LogP contribution in [0.1, 0.15) is 346 Å². The van der Waals surface area contributed by atoms with Gasteiger partial charge in [0.25, 0.3) is 0 Å². The molecule has 0 saturated heterocycles. The third-order valence-electron chi connectivity index (χ3n) is 15.6. The van der Waals surface area contributed by atoms with Crippen molar-refractivity contribution in [2.75, 3.05) is 0 Å². The number of rotatable bonds is 52. The van der Waals surface area contributed by atoms with E-state index in [-0.39, 0.29) is 34.5 Å². The molecule has 0 aliphatic carbocycles. The van der Waals surface area contributed by atoms with E-state index in [0.29, 0.717) is 11.8 Å². The van der Waals surface area contributed by atoms with Gasteiger partial charge in [-0.3, -0.25) is 0 Å². The first-order chi connectivity index (χ1) is 34.5. The predicted molar refractivity (Wildman–Crippen MR) is 309 cm³/mol. The number of carbonyl (C=O) groups excluding carboxylic acids is 1. The molecule has 0 heterocycles. The maximum atomic E-state index is 13.3. The third-order valence-corrected chi connectivity index (χ3v) is 16.6. The van der Waals surface area contributed by atoms with E-state index >= 15 is 0 Å². The molecule has 0 N–H and O–H groups in total. The Labute approximate surface area is 465 Å². The van der Waals surface area contributed by atoms with E-state index in [1.807, 2.05) is 25.0 Å². The Hall–Kier alpha value is -0.720. The van der Waals surface area contributed by atoms with Crippen molar-refractivity contribution in [3.63, 3.8) is 0 Å². The van der Waals surface area contributed by atoms with Gasteiger partial charge in [-0.05, 0) is 66.0 Å². The van der Waals surface area contributed by atoms with Crippen LogP contribution in [0.5, 0.6) is 0 Å². The van der Waals surface area contributed by atoms with Gasteiger partial charge in [0.15, 0.2) is 0 Å². The molecule has 0 bridgehead atoms. The Kier molecular flexibility index (Phi) is 52.2. The van der Waals surface area contributed by atoms with Crippen LogP contribution in [0, 0.1) is 0 Å². The number of aryl methyl sites for hydroxylation is 1. The van der Waals surface area contributed by atoms with Gasteiger partial charge in [0.1, 0.15) is 16.9 Å². The van der Waals surface area contributed by atoms with E-state index in [1.54, 1.807) is 0 Å². The SMILES string of the molecule is C=O.CCCCCCCCCCCCCCCCCCc1c(CCCCCCCCCCCCCCCCCC)c(S(=O)(=O)[O-])c2ccccc2c1CCCCCCCCCCCCCCCCCC.[Na+]. The maximum Gasteiger partial charge on any atom is 1.00 e. The minimum Gasteiger partial charge on any atom is -0.744 e. The monoisotopic (exact) mass is 1020 g/mol. The van der Waals surface area contributed by atoms with Gasteiger partial charge in [0.05, 0.1) is 4.90 Å². The Morgan fingerprint density at radius 2 is 0.507 bits per heavy atom. The minimum atomic E-state index is -4.63. The van der Waals surface area contributed by atoms with Gasteiger partial charge in [-0.15, -0.1) is 0 Å². The van der Waals surface area contributed by atoms with E-state index < -0.39 is 10.1 Å². The van der Waals surface area contributed by atoms with Crippen LogP contribution in [0.25, 0.3) is 10.8 Å². The van der Waals surface area contributed by atoms with Crippen LogP contribution in [0.15, 0.2) is 29.2 Å². The van der Waals surface area contributed by atoms with Crippen LogP contribution in [0.4, 0.5) is 0 Å². The fraction of sp³-hybridized carbons (Fsp3) is 0.831. The minimum absolute atomic E-state index is 0. The first kappa shape index (κ1) is 70.3. The fourth-order valence-corrected chi connectivity index (χ4v) is 12.2. The molecular formula is C65H117NaO4S. The Morgan fingerprint density at radius 1 is 0.310 bits per heavy atom. The molecule has 0 amide bonds. The number of unbranched alkanes of at least 4 members (excludes halogenated alkanes) is 45. The Morgan fingerprint density at radius 3 is 0.746 bits per heavy atom. The largest absolute Gasteiger partial charge is 1.00 e. The van der Waals surface area contributed by atoms with E-state index in [2.05, 4.69) is 26.8 Å². The quantitative estimate of drug-likeness (QED) is 0.0376. The molecule has 2 aromatic carbocycles. The summed E-state index contributed by atoms with van der Waals surface area (Å²) in [6, 6.07) is 8.02. The normalized spacial score (nSPS) is 11.5. The smallest absolute Gasteiger partial charge is 0.744 e. The van der Waals surface area contributed by atoms with Gasteiger partial charge in [0, 0.05) is 0 Å². The van der Waals surface area contributed by atoms with E-state index in [9.17, 15) is 13.0 Å². The summed E-state index contributed by atoms with van der Waals surface area (Å²) in [5, 5.41) is 1.70. The van der Waals surface area contributed by atoms with Crippen molar-refractivity contribution >= 4 is 27.7 Å². The summed E-state index contributed by atoms with van der Waals surface area (Å²) in [6.07, 6.45) is 67.0. The number of benzene rings is 2. The average molecular weight is 1020 g/mol. The summed E-state index contributed by atoms with van der Waals surface area (Å²) in [6.45, 7) is 8.89. The van der Waals surface area contributed by atoms with Crippen molar-refractivity contribution in [2.24, 2.45) is 0 Å². The molecule has 0 radical (unpaired) electrons. The maximum absolute atomic E-state index is 13.3. The Balaban J connectivity index is 0.0000161. The van der Waals surface area contributed by atoms with Crippen LogP contribution in [0.2, 0.25) is 0 Å². The van der Waals surface area contributed by atoms with Crippen LogP contribution in [0.3, 0.4) is 0 Å². The van der Waals surface area contributed by atoms with Crippen molar-refractivity contribution in [2.45, 2.75) is 353 Å². The Bertz CT molecular complexity index is 1540. The van der Waals surface area contributed by atoms with E-state index in [1.165, 1.54) is 294 Å². The zero-order chi connectivity index (χ0) is 50.9. The van der Waals surface area contributed by atoms with Crippen molar-refractivity contribution in [1.29, 1.82) is 0 Å². The number of carbonyl (C=O) groups is 1. The number of hydrogen-bond acceptors (Lipinski definition) is 4. The summed E-state index contributed by atoms with van der Waals surface area (Å²) in [7, 11) is -4.63. The van der Waals surface area contributed by atoms with Crippen LogP contribution < -0.4 is 29.6 Å². The van der Waals surface area contributed by atoms with Gasteiger partial charge in [0.2, 0.25) is 0 Å². The van der Waals surface area contributed by atoms with Crippen molar-refractivity contribution in [1.82, 2.24) is 0 Å². The predicted octanol–water partition coefficient (Wildman–Crippen LogP) is 19.0. The van der Waals surface area contributed by atoms with Crippen LogP contribution in [-0.2, 0) is 34.2 Å². The van der Waals surface area contributed by atoms with Crippen molar-refractivity contribution in [3.05, 3.63) is 41.0 Å². The zero-order valence-electron chi connectivity index (χ0n) is 48.1. The molecule has 2 aromatic rings. The van der Waals surface area contributed by atoms with Gasteiger partial charge in [-0.25, -0.2) is 8.42 Å². The summed E-state index contributed by atoms with van der Waals surface area (Å²) < 4.78 is 39.9. The second-order valence-electron chi connectivity index (χ2n) is 21.9. The number of fused-ring (bicyclic) bond motifs is 1. The van der Waals surface area contributed by atoms with E-state index in [0.717, 1.165) is 49.5 Å². The van der Waals surface area contributed by atoms with Crippen molar-refractivity contribution in [3.8, 4) is 0 Å². The van der Waals surface area contributed by atoms with Crippen LogP contribution >= 0.6 is 0 Å². The molecular weight excluding hydrogens is 900 g/mol. The average Bonchev–Trinajstić information content (AvgIpc) is 3.36. The van der Waals surface area contributed by atoms with Gasteiger partial charge in [-0.1, -0.05) is 334 Å². The summed E-state index contributed by atoms with van der Waals surface area (Å²) in [5.74, 6) is 0. The summed E-state index contributed by atoms with van der Waals surface area (Å²) in [5.41, 5.74) is 3.47. The van der Waals surface area contributed by atoms with Gasteiger partial charge in [-0.2, -0.15) is 0 Å². The molecule has 0 aromatic heterocycles. The van der Waals surface area contributed by atoms with Crippen molar-refractivity contribution < 1.29 is 47.3 Å². The number of hydrogen-bond donors (Lipinski definition) is 0. The van der Waals surface area contributed by atoms with Crippen LogP contribution in [-0.4, -0.2) is 19.8 Å². The first-order valence-corrected chi connectivity index (χ1v) is 32.7. The van der Waals surface area contributed by atoms with Gasteiger partial charge < -0.3 is 9.35 Å². The first-order valence-electron chi connectivity index (χ1n) is 31.3. The molecule has 408 valence electrons. The second-order valence-corrected chi connectivity index (χ2v) is 23.2. The summed E-state index contributed by atoms with van der Waals surface area (Å²) >= 11 is 0. The molecule has 0 unspecified atom stereocenters. The zero-order valence-corrected chi connectivity index (χ0v) is 50.9. The molecule has 2 rings (SSSR count). The molecule has 0 aliphatic heterocycles. The fourth-order valence-electron chi connectivity index (χ4n) is 11.3. The molecule has 0 aliphatic rings. The second kappa shape index (κ2) is 52.7. The molecule has 0 fully saturated rings. The summed E-state index contributed by atoms with van der Waals surface area (Å²) in [4.78, 5) is 8.11. The third kappa shape index (κ3) is 38.5. The molecule has 0 atom stereocenters.